The maximum Gasteiger partial charge on any atom is 0.0466 e. The molecule has 0 radical (unpaired) electrons. The van der Waals surface area contributed by atoms with Crippen LogP contribution in [-0.4, -0.2) is 11.0 Å². The normalized spacial score (nSPS) is 28.2. The van der Waals surface area contributed by atoms with Gasteiger partial charge in [-0.25, -0.2) is 0 Å². The average Bonchev–Trinajstić information content (AvgIpc) is 2.04. The molecule has 1 aliphatic rings. The van der Waals surface area contributed by atoms with E-state index in [1.54, 1.807) is 0 Å². The third-order valence-electron chi connectivity index (χ3n) is 2.43. The fraction of sp³-hybridized carbons (Fsp3) is 0.500. The van der Waals surface area contributed by atoms with E-state index in [-0.39, 0.29) is 0 Å². The highest BCUT2D eigenvalue weighted by atomic mass is 15.0. The van der Waals surface area contributed by atoms with Gasteiger partial charge in [-0.1, -0.05) is 6.07 Å². The van der Waals surface area contributed by atoms with Crippen LogP contribution in [0, 0.1) is 0 Å². The van der Waals surface area contributed by atoms with Gasteiger partial charge in [-0.2, -0.15) is 0 Å². The highest BCUT2D eigenvalue weighted by Crippen LogP contribution is 2.22. The van der Waals surface area contributed by atoms with E-state index in [4.69, 9.17) is 0 Å². The van der Waals surface area contributed by atoms with Crippen molar-refractivity contribution in [1.82, 2.24) is 10.3 Å². The molecular weight excluding hydrogens is 148 g/mol. The number of hydrogen-bond donors (Lipinski definition) is 1. The van der Waals surface area contributed by atoms with E-state index in [1.165, 1.54) is 11.3 Å². The summed E-state index contributed by atoms with van der Waals surface area (Å²) < 4.78 is 0. The topological polar surface area (TPSA) is 24.9 Å². The molecule has 2 rings (SSSR count). The van der Waals surface area contributed by atoms with Gasteiger partial charge in [0.1, 0.15) is 0 Å². The number of nitrogens with zero attached hydrogens (tertiary/aromatic N) is 1. The molecule has 64 valence electrons. The molecule has 0 saturated carbocycles. The summed E-state index contributed by atoms with van der Waals surface area (Å²) >= 11 is 0. The zero-order valence-corrected chi connectivity index (χ0v) is 7.54. The molecule has 1 N–H and O–H groups in total. The van der Waals surface area contributed by atoms with E-state index in [0.717, 1.165) is 6.42 Å². The fourth-order valence-corrected chi connectivity index (χ4v) is 1.88. The standard InChI is InChI=1S/C10H14N2/c1-7-6-10-9(8(2)12-7)4-3-5-11-10/h3-5,7-8,12H,6H2,1-2H3. The first-order valence-electron chi connectivity index (χ1n) is 4.47. The van der Waals surface area contributed by atoms with Crippen LogP contribution in [0.25, 0.3) is 0 Å². The second kappa shape index (κ2) is 2.87. The van der Waals surface area contributed by atoms with Gasteiger partial charge in [-0.05, 0) is 25.5 Å². The van der Waals surface area contributed by atoms with Gasteiger partial charge < -0.3 is 5.32 Å². The Morgan fingerprint density at radius 2 is 2.33 bits per heavy atom. The van der Waals surface area contributed by atoms with Gasteiger partial charge in [-0.3, -0.25) is 4.98 Å². The van der Waals surface area contributed by atoms with Crippen LogP contribution in [0.5, 0.6) is 0 Å². The van der Waals surface area contributed by atoms with Crippen molar-refractivity contribution in [2.45, 2.75) is 32.4 Å². The van der Waals surface area contributed by atoms with Crippen molar-refractivity contribution < 1.29 is 0 Å². The smallest absolute Gasteiger partial charge is 0.0466 e. The maximum atomic E-state index is 4.38. The summed E-state index contributed by atoms with van der Waals surface area (Å²) in [7, 11) is 0. The van der Waals surface area contributed by atoms with Crippen LogP contribution < -0.4 is 5.32 Å². The molecule has 1 aromatic rings. The summed E-state index contributed by atoms with van der Waals surface area (Å²) in [6.07, 6.45) is 2.93. The molecular formula is C10H14N2. The van der Waals surface area contributed by atoms with Crippen molar-refractivity contribution in [2.75, 3.05) is 0 Å². The minimum atomic E-state index is 0.456. The Labute approximate surface area is 73.0 Å². The van der Waals surface area contributed by atoms with Gasteiger partial charge in [0, 0.05) is 30.4 Å². The number of fused-ring (bicyclic) bond motifs is 1. The number of nitrogens with one attached hydrogen (secondary N) is 1. The van der Waals surface area contributed by atoms with E-state index in [2.05, 4.69) is 30.2 Å². The molecule has 2 unspecified atom stereocenters. The van der Waals surface area contributed by atoms with Crippen molar-refractivity contribution in [1.29, 1.82) is 0 Å². The minimum absolute atomic E-state index is 0.456. The summed E-state index contributed by atoms with van der Waals surface area (Å²) in [4.78, 5) is 4.38. The lowest BCUT2D eigenvalue weighted by atomic mass is 9.96. The SMILES string of the molecule is CC1Cc2ncccc2C(C)N1. The molecule has 2 nitrogen and oxygen atoms in total. The minimum Gasteiger partial charge on any atom is -0.307 e. The molecule has 1 aliphatic heterocycles. The predicted molar refractivity (Wildman–Crippen MR) is 49.0 cm³/mol. The number of rotatable bonds is 0. The van der Waals surface area contributed by atoms with Crippen LogP contribution in [0.4, 0.5) is 0 Å². The quantitative estimate of drug-likeness (QED) is 0.627. The van der Waals surface area contributed by atoms with E-state index in [9.17, 15) is 0 Å². The third kappa shape index (κ3) is 1.23. The summed E-state index contributed by atoms with van der Waals surface area (Å²) in [5.41, 5.74) is 2.62. The second-order valence-corrected chi connectivity index (χ2v) is 3.53. The van der Waals surface area contributed by atoms with Gasteiger partial charge in [0.2, 0.25) is 0 Å². The highest BCUT2D eigenvalue weighted by Gasteiger charge is 2.20. The molecule has 2 heteroatoms. The van der Waals surface area contributed by atoms with Gasteiger partial charge in [0.25, 0.3) is 0 Å². The molecule has 0 aliphatic carbocycles. The van der Waals surface area contributed by atoms with Crippen LogP contribution >= 0.6 is 0 Å². The Balaban J connectivity index is 2.40. The largest absolute Gasteiger partial charge is 0.307 e. The first-order valence-corrected chi connectivity index (χ1v) is 4.47. The molecule has 1 aromatic heterocycles. The Kier molecular flexibility index (Phi) is 1.85. The lowest BCUT2D eigenvalue weighted by Crippen LogP contribution is -2.36. The van der Waals surface area contributed by atoms with Crippen LogP contribution in [0.15, 0.2) is 18.3 Å². The van der Waals surface area contributed by atoms with Crippen LogP contribution in [0.2, 0.25) is 0 Å². The molecule has 0 spiro atoms. The van der Waals surface area contributed by atoms with Crippen molar-refractivity contribution in [2.24, 2.45) is 0 Å². The number of aromatic nitrogens is 1. The average molecular weight is 162 g/mol. The molecule has 0 bridgehead atoms. The van der Waals surface area contributed by atoms with Crippen molar-refractivity contribution in [3.05, 3.63) is 29.6 Å². The molecule has 0 amide bonds. The predicted octanol–water partition coefficient (Wildman–Crippen LogP) is 1.68. The lowest BCUT2D eigenvalue weighted by molar-refractivity contribution is 0.439. The van der Waals surface area contributed by atoms with Gasteiger partial charge in [0.05, 0.1) is 0 Å². The fourth-order valence-electron chi connectivity index (χ4n) is 1.88. The maximum absolute atomic E-state index is 4.38. The molecule has 0 fully saturated rings. The van der Waals surface area contributed by atoms with Crippen LogP contribution in [-0.2, 0) is 6.42 Å². The second-order valence-electron chi connectivity index (χ2n) is 3.53. The summed E-state index contributed by atoms with van der Waals surface area (Å²) in [6.45, 7) is 4.39. The molecule has 12 heavy (non-hydrogen) atoms. The zero-order chi connectivity index (χ0) is 8.55. The van der Waals surface area contributed by atoms with E-state index >= 15 is 0 Å². The molecule has 0 saturated heterocycles. The monoisotopic (exact) mass is 162 g/mol. The van der Waals surface area contributed by atoms with Crippen LogP contribution in [0.1, 0.15) is 31.1 Å². The van der Waals surface area contributed by atoms with Crippen LogP contribution in [0.3, 0.4) is 0 Å². The number of pyridine rings is 1. The van der Waals surface area contributed by atoms with Crippen molar-refractivity contribution in [3.8, 4) is 0 Å². The molecule has 2 heterocycles. The molecule has 2 atom stereocenters. The first kappa shape index (κ1) is 7.74. The lowest BCUT2D eigenvalue weighted by Gasteiger charge is -2.27. The summed E-state index contributed by atoms with van der Waals surface area (Å²) in [5, 5.41) is 3.50. The van der Waals surface area contributed by atoms with Crippen molar-refractivity contribution >= 4 is 0 Å². The van der Waals surface area contributed by atoms with Gasteiger partial charge in [0.15, 0.2) is 0 Å². The molecule has 0 aromatic carbocycles. The zero-order valence-electron chi connectivity index (χ0n) is 7.54. The van der Waals surface area contributed by atoms with Crippen molar-refractivity contribution in [3.63, 3.8) is 0 Å². The first-order chi connectivity index (χ1) is 5.77. The Morgan fingerprint density at radius 1 is 1.50 bits per heavy atom. The van der Waals surface area contributed by atoms with E-state index in [0.29, 0.717) is 12.1 Å². The Hall–Kier alpha value is -0.890. The van der Waals surface area contributed by atoms with Gasteiger partial charge >= 0.3 is 0 Å². The van der Waals surface area contributed by atoms with Gasteiger partial charge in [-0.15, -0.1) is 0 Å². The Morgan fingerprint density at radius 3 is 3.17 bits per heavy atom. The highest BCUT2D eigenvalue weighted by molar-refractivity contribution is 5.26. The summed E-state index contributed by atoms with van der Waals surface area (Å²) in [5.74, 6) is 0. The number of hydrogen-bond acceptors (Lipinski definition) is 2. The third-order valence-corrected chi connectivity index (χ3v) is 2.43. The van der Waals surface area contributed by atoms with E-state index in [1.807, 2.05) is 12.3 Å². The van der Waals surface area contributed by atoms with E-state index < -0.39 is 0 Å². The Bertz CT molecular complexity index is 283. The summed E-state index contributed by atoms with van der Waals surface area (Å²) in [6, 6.07) is 5.18.